The number of anilines is 6. The van der Waals surface area contributed by atoms with Gasteiger partial charge in [0.1, 0.15) is 79.5 Å². The third kappa shape index (κ3) is 16.7. The first-order valence-corrected chi connectivity index (χ1v) is 35.3. The highest BCUT2D eigenvalue weighted by molar-refractivity contribution is 7.17. The van der Waals surface area contributed by atoms with Crippen LogP contribution in [0.15, 0.2) is 110 Å². The van der Waals surface area contributed by atoms with Crippen LogP contribution < -0.4 is 24.9 Å². The second-order valence-corrected chi connectivity index (χ2v) is 28.1. The normalized spacial score (nSPS) is 17.2. The number of fused-ring (bicyclic) bond motifs is 2. The fourth-order valence-electron chi connectivity index (χ4n) is 12.8. The number of thiazole rings is 2. The van der Waals surface area contributed by atoms with Gasteiger partial charge >= 0.3 is 12.1 Å². The van der Waals surface area contributed by atoms with Crippen molar-refractivity contribution in [1.82, 2.24) is 63.8 Å². The van der Waals surface area contributed by atoms with Gasteiger partial charge < -0.3 is 49.9 Å². The molecular weight excluding hydrogens is 1370 g/mol. The zero-order chi connectivity index (χ0) is 72.1. The molecule has 2 aromatic carbocycles. The molecule has 8 aromatic heterocycles. The number of likely N-dealkylation sites (tertiary alicyclic amines) is 1. The van der Waals surface area contributed by atoms with Gasteiger partial charge in [-0.1, -0.05) is 51.4 Å². The second kappa shape index (κ2) is 32.8. The Morgan fingerprint density at radius 3 is 1.46 bits per heavy atom. The Bertz CT molecular complexity index is 4750. The van der Waals surface area contributed by atoms with E-state index in [9.17, 15) is 43.9 Å². The number of carbonyl (C=O) groups excluding carboxylic acids is 2. The van der Waals surface area contributed by atoms with Gasteiger partial charge in [0, 0.05) is 149 Å². The van der Waals surface area contributed by atoms with E-state index in [-0.39, 0.29) is 57.4 Å². The number of β-amino-alcohol motifs (C(OH)–C–C–N with tert-alkyl or cyclic N) is 1. The molecule has 0 spiro atoms. The van der Waals surface area contributed by atoms with Crippen molar-refractivity contribution in [2.75, 3.05) is 92.6 Å². The number of aliphatic carboxylic acids is 1. The van der Waals surface area contributed by atoms with E-state index in [0.717, 1.165) is 106 Å². The Morgan fingerprint density at radius 1 is 0.615 bits per heavy atom. The first-order valence-electron chi connectivity index (χ1n) is 33.6. The summed E-state index contributed by atoms with van der Waals surface area (Å²) in [4.78, 5) is 85.4. The van der Waals surface area contributed by atoms with Gasteiger partial charge in [-0.3, -0.25) is 18.5 Å². The number of halogens is 2. The van der Waals surface area contributed by atoms with Crippen LogP contribution in [0.1, 0.15) is 96.3 Å². The number of aliphatic hydroxyl groups is 2. The van der Waals surface area contributed by atoms with Crippen LogP contribution in [-0.4, -0.2) is 189 Å². The van der Waals surface area contributed by atoms with Crippen molar-refractivity contribution < 1.29 is 43.2 Å². The topological polar surface area (TPSA) is 312 Å². The van der Waals surface area contributed by atoms with Gasteiger partial charge in [-0.2, -0.15) is 10.5 Å². The highest BCUT2D eigenvalue weighted by Crippen LogP contribution is 2.40. The van der Waals surface area contributed by atoms with Crippen molar-refractivity contribution in [1.29, 1.82) is 10.5 Å². The summed E-state index contributed by atoms with van der Waals surface area (Å²) < 4.78 is 36.2. The summed E-state index contributed by atoms with van der Waals surface area (Å²) in [6.45, 7) is 15.4. The lowest BCUT2D eigenvalue weighted by molar-refractivity contribution is -0.142. The van der Waals surface area contributed by atoms with Crippen LogP contribution in [0.25, 0.3) is 56.1 Å². The lowest BCUT2D eigenvalue weighted by Gasteiger charge is -2.36. The lowest BCUT2D eigenvalue weighted by Crippen LogP contribution is -2.50. The summed E-state index contributed by atoms with van der Waals surface area (Å²) in [6.07, 6.45) is 13.1. The van der Waals surface area contributed by atoms with Crippen molar-refractivity contribution >= 4 is 85.7 Å². The summed E-state index contributed by atoms with van der Waals surface area (Å²) >= 11 is 2.58. The van der Waals surface area contributed by atoms with Crippen molar-refractivity contribution in [3.05, 3.63) is 143 Å². The zero-order valence-electron chi connectivity index (χ0n) is 57.4. The number of imidazole rings is 2. The number of hydrogen-bond donors (Lipinski definition) is 4. The van der Waals surface area contributed by atoms with Crippen LogP contribution in [0.3, 0.4) is 0 Å². The number of pyridine rings is 2. The molecule has 0 radical (unpaired) electrons. The number of carboxylic acids is 1. The van der Waals surface area contributed by atoms with Crippen molar-refractivity contribution in [2.24, 2.45) is 5.92 Å². The third-order valence-corrected chi connectivity index (χ3v) is 20.1. The van der Waals surface area contributed by atoms with E-state index in [0.29, 0.717) is 93.9 Å². The molecule has 26 nitrogen and oxygen atoms in total. The Balaban J connectivity index is 0.000000184. The SMILES string of the molecule is C.C.CC(C)(C)OC(=O)N1C[C@@H](O)C[C@@H]1C(=O)O.CCc1nc2ccc(-c3cnc(N4CCN(C(=O)[C@@H]5CC[C@@H](O)C5)CC4)nc3)cn2c1N(C)c1nc(-c2ccc(F)cc2)c(C#N)s1.CCc1nc2ccc(-c3cnc(N4CCNCC4)nc3)cn2c1N(C)c1nc(-c2ccc(F)cc2)c(C#N)s1. The Hall–Kier alpha value is -10.6. The molecule has 10 aromatic rings. The maximum atomic E-state index is 13.6. The van der Waals surface area contributed by atoms with E-state index in [2.05, 4.69) is 54.1 Å². The van der Waals surface area contributed by atoms with Crippen molar-refractivity contribution in [3.8, 4) is 56.9 Å². The maximum absolute atomic E-state index is 13.6. The molecule has 104 heavy (non-hydrogen) atoms. The average Bonchev–Trinajstić information content (AvgIpc) is 1.61. The molecule has 11 heterocycles. The summed E-state index contributed by atoms with van der Waals surface area (Å²) in [6, 6.07) is 23.5. The lowest BCUT2D eigenvalue weighted by atomic mass is 10.1. The minimum absolute atomic E-state index is 0. The number of aryl methyl sites for hydroxylation is 2. The van der Waals surface area contributed by atoms with Crippen LogP contribution in [0.2, 0.25) is 0 Å². The number of hydrogen-bond acceptors (Lipinski definition) is 23. The molecule has 0 unspecified atom stereocenters. The quantitative estimate of drug-likeness (QED) is 0.0786. The maximum Gasteiger partial charge on any atom is 0.411 e. The van der Waals surface area contributed by atoms with E-state index in [1.807, 2.05) is 106 Å². The van der Waals surface area contributed by atoms with Crippen LogP contribution in [0.5, 0.6) is 0 Å². The number of aromatic nitrogens is 10. The third-order valence-electron chi connectivity index (χ3n) is 18.0. The molecule has 4 fully saturated rings. The number of amides is 2. The van der Waals surface area contributed by atoms with Gasteiger partial charge in [-0.25, -0.2) is 58.2 Å². The molecule has 3 saturated heterocycles. The monoisotopic (exact) mass is 1450 g/mol. The standard InChI is InChI=1S/C34H34FN9O2S.C28H26FN9S.C10H17NO5.2CH4/c1-3-27-31(41(2)34-40-30(28(17-36)47-34)21-4-8-25(35)9-5-21)44-20-23(7-11-29(44)39-27)24-18-37-33(38-19-24)43-14-12-42(13-15-43)32(46)22-6-10-26(45)16-22;1-3-22-26(36(2)28-35-25(23(14-30)39-28)18-4-7-21(29)8-5-18)38-17-19(6-9-24(38)34-22)20-15-32-27(33-16-20)37-12-10-31-11-13-37;1-10(2,3)16-9(15)11-5-6(12)4-7(11)8(13)14;;/h4-5,7-9,11,18-20,22,26,45H,3,6,10,12-16H2,1-2H3;4-9,15-17,31H,3,10-13H2,1-2H3;6-7,12H,4-5H2,1-3H3,(H,13,14);2*1H4/t22-,26-;;6-,7+;;/m1.0../s1. The fourth-order valence-corrected chi connectivity index (χ4v) is 14.5. The predicted molar refractivity (Wildman–Crippen MR) is 397 cm³/mol. The number of carboxylic acid groups (broad SMARTS) is 1. The van der Waals surface area contributed by atoms with Crippen LogP contribution in [0, 0.1) is 40.2 Å². The molecule has 1 saturated carbocycles. The number of benzene rings is 2. The van der Waals surface area contributed by atoms with Crippen molar-refractivity contribution in [2.45, 2.75) is 112 Å². The fraction of sp³-hybridized carbons (Fsp3) is 0.392. The summed E-state index contributed by atoms with van der Waals surface area (Å²) in [5, 5.41) is 52.3. The number of nitriles is 2. The smallest absolute Gasteiger partial charge is 0.411 e. The number of rotatable bonds is 14. The molecule has 544 valence electrons. The van der Waals surface area contributed by atoms with Gasteiger partial charge in [0.15, 0.2) is 10.3 Å². The molecule has 14 rings (SSSR count). The Kier molecular flexibility index (Phi) is 24.0. The minimum Gasteiger partial charge on any atom is -0.480 e. The molecule has 3 aliphatic heterocycles. The van der Waals surface area contributed by atoms with E-state index in [1.165, 1.54) is 46.9 Å². The first-order chi connectivity index (χ1) is 49.1. The highest BCUT2D eigenvalue weighted by Gasteiger charge is 2.41. The summed E-state index contributed by atoms with van der Waals surface area (Å²) in [5.74, 6) is 1.37. The molecule has 0 bridgehead atoms. The van der Waals surface area contributed by atoms with Crippen LogP contribution in [0.4, 0.5) is 47.4 Å². The van der Waals surface area contributed by atoms with Gasteiger partial charge in [0.2, 0.25) is 17.8 Å². The Labute approximate surface area is 610 Å². The van der Waals surface area contributed by atoms with Crippen LogP contribution >= 0.6 is 22.7 Å². The average molecular weight is 1450 g/mol. The molecular formula is C74H85F2N19O7S2. The number of nitrogens with zero attached hydrogens (tertiary/aromatic N) is 18. The van der Waals surface area contributed by atoms with E-state index in [1.54, 1.807) is 45.0 Å². The number of nitrogens with one attached hydrogen (secondary N) is 1. The van der Waals surface area contributed by atoms with E-state index >= 15 is 0 Å². The number of aliphatic hydroxyl groups excluding tert-OH is 2. The molecule has 2 amide bonds. The zero-order valence-corrected chi connectivity index (χ0v) is 59.0. The Morgan fingerprint density at radius 2 is 1.06 bits per heavy atom. The highest BCUT2D eigenvalue weighted by atomic mass is 32.1. The largest absolute Gasteiger partial charge is 0.480 e. The summed E-state index contributed by atoms with van der Waals surface area (Å²) in [7, 11) is 3.83. The van der Waals surface area contributed by atoms with Gasteiger partial charge in [0.05, 0.1) is 30.1 Å². The molecule has 4 aliphatic rings. The molecule has 4 atom stereocenters. The predicted octanol–water partition coefficient (Wildman–Crippen LogP) is 11.4. The number of piperazine rings is 2. The number of carbonyl (C=O) groups is 3. The van der Waals surface area contributed by atoms with Gasteiger partial charge in [-0.05, 0) is 126 Å². The van der Waals surface area contributed by atoms with Crippen LogP contribution in [-0.2, 0) is 27.2 Å². The number of ether oxygens (including phenoxy) is 1. The van der Waals surface area contributed by atoms with Crippen molar-refractivity contribution in [3.63, 3.8) is 0 Å². The minimum atomic E-state index is -1.12. The van der Waals surface area contributed by atoms with E-state index < -0.39 is 29.8 Å². The van der Waals surface area contributed by atoms with Gasteiger partial charge in [0.25, 0.3) is 0 Å². The molecule has 1 aliphatic carbocycles. The molecule has 30 heteroatoms. The van der Waals surface area contributed by atoms with Gasteiger partial charge in [-0.15, -0.1) is 0 Å². The molecule has 4 N–H and O–H groups in total. The first kappa shape index (κ1) is 76.0. The van der Waals surface area contributed by atoms with E-state index in [4.69, 9.17) is 29.8 Å². The second-order valence-electron chi connectivity index (χ2n) is 26.1. The summed E-state index contributed by atoms with van der Waals surface area (Å²) in [5.41, 5.74) is 8.80.